The van der Waals surface area contributed by atoms with Crippen LogP contribution in [0.1, 0.15) is 12.0 Å². The van der Waals surface area contributed by atoms with Crippen LogP contribution in [0.4, 0.5) is 5.69 Å². The summed E-state index contributed by atoms with van der Waals surface area (Å²) in [4.78, 5) is 8.47. The Morgan fingerprint density at radius 3 is 2.43 bits per heavy atom. The molecule has 0 bridgehead atoms. The zero-order valence-corrected chi connectivity index (χ0v) is 18.5. The summed E-state index contributed by atoms with van der Waals surface area (Å²) >= 11 is 1.70. The molecule has 1 fully saturated rings. The number of morpholine rings is 1. The van der Waals surface area contributed by atoms with Gasteiger partial charge in [0.1, 0.15) is 5.75 Å². The second-order valence-corrected chi connectivity index (χ2v) is 8.38. The molecule has 4 rings (SSSR count). The highest BCUT2D eigenvalue weighted by molar-refractivity contribution is 7.07. The number of aromatic nitrogens is 1. The van der Waals surface area contributed by atoms with Gasteiger partial charge in [-0.25, -0.2) is 4.99 Å². The maximum Gasteiger partial charge on any atom is 0.190 e. The second-order valence-electron chi connectivity index (χ2n) is 7.54. The summed E-state index contributed by atoms with van der Waals surface area (Å²) in [5.41, 5.74) is 4.63. The van der Waals surface area contributed by atoms with Gasteiger partial charge in [-0.05, 0) is 55.3 Å². The van der Waals surface area contributed by atoms with Crippen molar-refractivity contribution >= 4 is 17.0 Å². The van der Waals surface area contributed by atoms with Crippen molar-refractivity contribution in [2.75, 3.05) is 40.0 Å². The Balaban J connectivity index is 1.61. The molecule has 0 radical (unpaired) electrons. The van der Waals surface area contributed by atoms with Crippen LogP contribution in [-0.4, -0.2) is 49.4 Å². The summed E-state index contributed by atoms with van der Waals surface area (Å²) in [6.45, 7) is 7.86. The van der Waals surface area contributed by atoms with Gasteiger partial charge in [0.05, 0.1) is 31.7 Å². The first-order valence-corrected chi connectivity index (χ1v) is 11.3. The van der Waals surface area contributed by atoms with E-state index in [-0.39, 0.29) is 0 Å². The smallest absolute Gasteiger partial charge is 0.190 e. The van der Waals surface area contributed by atoms with Crippen LogP contribution in [0.25, 0.3) is 11.3 Å². The predicted molar refractivity (Wildman–Crippen MR) is 123 cm³/mol. The van der Waals surface area contributed by atoms with Gasteiger partial charge in [0.2, 0.25) is 0 Å². The molecule has 158 valence electrons. The van der Waals surface area contributed by atoms with Gasteiger partial charge < -0.3 is 14.0 Å². The molecule has 1 aliphatic heterocycles. The summed E-state index contributed by atoms with van der Waals surface area (Å²) < 4.78 is 13.1. The molecule has 2 heterocycles. The average Bonchev–Trinajstić information content (AvgIpc) is 3.18. The monoisotopic (exact) mass is 423 g/mol. The van der Waals surface area contributed by atoms with Crippen molar-refractivity contribution in [2.45, 2.75) is 19.9 Å². The summed E-state index contributed by atoms with van der Waals surface area (Å²) in [6, 6.07) is 16.7. The van der Waals surface area contributed by atoms with Crippen molar-refractivity contribution in [1.82, 2.24) is 9.47 Å². The van der Waals surface area contributed by atoms with Gasteiger partial charge in [-0.1, -0.05) is 17.7 Å². The van der Waals surface area contributed by atoms with Crippen molar-refractivity contribution in [2.24, 2.45) is 4.99 Å². The van der Waals surface area contributed by atoms with E-state index in [9.17, 15) is 0 Å². The molecule has 0 atom stereocenters. The molecule has 30 heavy (non-hydrogen) atoms. The molecule has 0 N–H and O–H groups in total. The quantitative estimate of drug-likeness (QED) is 0.562. The van der Waals surface area contributed by atoms with Crippen molar-refractivity contribution < 1.29 is 9.47 Å². The number of methoxy groups -OCH3 is 1. The first-order valence-electron chi connectivity index (χ1n) is 10.5. The second kappa shape index (κ2) is 10.1. The number of nitrogens with zero attached hydrogens (tertiary/aromatic N) is 3. The highest BCUT2D eigenvalue weighted by Crippen LogP contribution is 2.24. The zero-order valence-electron chi connectivity index (χ0n) is 17.7. The van der Waals surface area contributed by atoms with E-state index in [1.807, 2.05) is 12.1 Å². The Labute approximate surface area is 182 Å². The lowest BCUT2D eigenvalue weighted by molar-refractivity contribution is 0.0369. The number of thiazole rings is 1. The lowest BCUT2D eigenvalue weighted by Crippen LogP contribution is -2.37. The molecule has 0 saturated carbocycles. The van der Waals surface area contributed by atoms with E-state index in [2.05, 4.69) is 58.2 Å². The van der Waals surface area contributed by atoms with Crippen molar-refractivity contribution in [1.29, 1.82) is 0 Å². The topological polar surface area (TPSA) is 39.0 Å². The highest BCUT2D eigenvalue weighted by atomic mass is 32.1. The molecule has 0 amide bonds. The third-order valence-electron chi connectivity index (χ3n) is 5.40. The zero-order chi connectivity index (χ0) is 20.8. The minimum Gasteiger partial charge on any atom is -0.497 e. The lowest BCUT2D eigenvalue weighted by Gasteiger charge is -2.26. The molecule has 0 unspecified atom stereocenters. The van der Waals surface area contributed by atoms with E-state index < -0.39 is 0 Å². The largest absolute Gasteiger partial charge is 0.497 e. The average molecular weight is 424 g/mol. The summed E-state index contributed by atoms with van der Waals surface area (Å²) in [7, 11) is 1.70. The van der Waals surface area contributed by atoms with Crippen LogP contribution >= 0.6 is 11.3 Å². The number of aryl methyl sites for hydroxylation is 1. The van der Waals surface area contributed by atoms with Crippen molar-refractivity contribution in [3.8, 4) is 17.0 Å². The molecule has 0 spiro atoms. The highest BCUT2D eigenvalue weighted by Gasteiger charge is 2.12. The van der Waals surface area contributed by atoms with E-state index >= 15 is 0 Å². The normalized spacial score (nSPS) is 15.5. The number of benzene rings is 2. The SMILES string of the molecule is COc1ccc(-c2csc(=Nc3ccc(C)cc3)n2CCCN2CCOCC2)cc1. The van der Waals surface area contributed by atoms with Gasteiger partial charge in [-0.15, -0.1) is 11.3 Å². The fourth-order valence-electron chi connectivity index (χ4n) is 3.63. The molecule has 1 saturated heterocycles. The van der Waals surface area contributed by atoms with Crippen LogP contribution < -0.4 is 9.54 Å². The van der Waals surface area contributed by atoms with E-state index in [0.29, 0.717) is 0 Å². The molecule has 6 heteroatoms. The van der Waals surface area contributed by atoms with E-state index in [4.69, 9.17) is 14.5 Å². The third kappa shape index (κ3) is 5.19. The van der Waals surface area contributed by atoms with Gasteiger partial charge in [-0.2, -0.15) is 0 Å². The molecular weight excluding hydrogens is 394 g/mol. The minimum absolute atomic E-state index is 0.844. The number of ether oxygens (including phenoxy) is 2. The maximum absolute atomic E-state index is 5.47. The molecule has 5 nitrogen and oxygen atoms in total. The van der Waals surface area contributed by atoms with Gasteiger partial charge in [0, 0.05) is 31.6 Å². The van der Waals surface area contributed by atoms with Gasteiger partial charge >= 0.3 is 0 Å². The van der Waals surface area contributed by atoms with Crippen LogP contribution in [0.2, 0.25) is 0 Å². The van der Waals surface area contributed by atoms with Gasteiger partial charge in [0.15, 0.2) is 4.80 Å². The van der Waals surface area contributed by atoms with Gasteiger partial charge in [-0.3, -0.25) is 4.90 Å². The molecule has 1 aromatic heterocycles. The van der Waals surface area contributed by atoms with Crippen LogP contribution in [0.3, 0.4) is 0 Å². The summed E-state index contributed by atoms with van der Waals surface area (Å²) in [6.07, 6.45) is 1.08. The Morgan fingerprint density at radius 1 is 1.00 bits per heavy atom. The van der Waals surface area contributed by atoms with Crippen LogP contribution in [0, 0.1) is 6.92 Å². The lowest BCUT2D eigenvalue weighted by atomic mass is 10.1. The Morgan fingerprint density at radius 2 is 1.73 bits per heavy atom. The molecule has 1 aliphatic rings. The molecule has 2 aromatic carbocycles. The van der Waals surface area contributed by atoms with Crippen molar-refractivity contribution in [3.63, 3.8) is 0 Å². The van der Waals surface area contributed by atoms with E-state index in [1.165, 1.54) is 16.8 Å². The van der Waals surface area contributed by atoms with Crippen LogP contribution in [-0.2, 0) is 11.3 Å². The maximum atomic E-state index is 5.47. The third-order valence-corrected chi connectivity index (χ3v) is 6.27. The predicted octanol–water partition coefficient (Wildman–Crippen LogP) is 4.49. The molecule has 3 aromatic rings. The number of rotatable bonds is 7. The molecule has 0 aliphatic carbocycles. The van der Waals surface area contributed by atoms with Crippen molar-refractivity contribution in [3.05, 3.63) is 64.3 Å². The Kier molecular flexibility index (Phi) is 7.00. The Hall–Kier alpha value is -2.41. The summed E-state index contributed by atoms with van der Waals surface area (Å²) in [5.74, 6) is 0.873. The number of hydrogen-bond acceptors (Lipinski definition) is 5. The van der Waals surface area contributed by atoms with Crippen LogP contribution in [0.5, 0.6) is 5.75 Å². The molecular formula is C24H29N3O2S. The van der Waals surface area contributed by atoms with E-state index in [1.54, 1.807) is 18.4 Å². The standard InChI is InChI=1S/C24H29N3O2S/c1-19-4-8-21(9-5-19)25-24-27(13-3-12-26-14-16-29-17-15-26)23(18-30-24)20-6-10-22(28-2)11-7-20/h4-11,18H,3,12-17H2,1-2H3. The fraction of sp³-hybridized carbons (Fsp3) is 0.375. The number of hydrogen-bond donors (Lipinski definition) is 0. The first kappa shape index (κ1) is 20.8. The fourth-order valence-corrected chi connectivity index (χ4v) is 4.59. The van der Waals surface area contributed by atoms with E-state index in [0.717, 1.165) is 62.1 Å². The van der Waals surface area contributed by atoms with Crippen LogP contribution in [0.15, 0.2) is 58.9 Å². The van der Waals surface area contributed by atoms with Gasteiger partial charge in [0.25, 0.3) is 0 Å². The first-order chi connectivity index (χ1) is 14.7. The Bertz CT molecular complexity index is 1000. The minimum atomic E-state index is 0.844. The summed E-state index contributed by atoms with van der Waals surface area (Å²) in [5, 5.41) is 2.21.